The first-order chi connectivity index (χ1) is 22.5. The van der Waals surface area contributed by atoms with Crippen LogP contribution in [0, 0.1) is 20.8 Å². The van der Waals surface area contributed by atoms with Gasteiger partial charge in [0.15, 0.2) is 0 Å². The maximum absolute atomic E-state index is 4.86. The maximum Gasteiger partial charge on any atom is 0.126 e. The average Bonchev–Trinajstić information content (AvgIpc) is 3.54. The minimum atomic E-state index is -0.444. The highest BCUT2D eigenvalue weighted by atomic mass is 14.9. The second-order valence-corrected chi connectivity index (χ2v) is 12.6. The van der Waals surface area contributed by atoms with E-state index < -0.39 is 5.41 Å². The van der Waals surface area contributed by atoms with Gasteiger partial charge in [-0.05, 0) is 124 Å². The standard InChI is InChI=1S/C43H31N3/c1-26-21-32(19-20-44-26)30-10-8-9-29(23-30)31-15-17-36-37-18-16-33(42-22-27(2)45-28(3)46-42)25-41(37)43(40(36)24-31)38-13-6-4-11-34(38)35-12-5-7-14-39(35)43/h4-25H,1-3H3. The zero-order chi connectivity index (χ0) is 31.0. The number of nitrogens with zero attached hydrogens (tertiary/aromatic N) is 3. The Morgan fingerprint density at radius 1 is 0.413 bits per heavy atom. The Kier molecular flexibility index (Phi) is 5.76. The maximum atomic E-state index is 4.86. The Labute approximate surface area is 269 Å². The smallest absolute Gasteiger partial charge is 0.126 e. The molecule has 0 N–H and O–H groups in total. The van der Waals surface area contributed by atoms with Crippen LogP contribution in [0.1, 0.15) is 39.5 Å². The van der Waals surface area contributed by atoms with Crippen molar-refractivity contribution in [3.05, 3.63) is 173 Å². The molecule has 0 amide bonds. The Morgan fingerprint density at radius 3 is 1.63 bits per heavy atom. The lowest BCUT2D eigenvalue weighted by Gasteiger charge is -2.31. The minimum absolute atomic E-state index is 0.444. The van der Waals surface area contributed by atoms with E-state index in [9.17, 15) is 0 Å². The van der Waals surface area contributed by atoms with Gasteiger partial charge in [0.1, 0.15) is 5.82 Å². The van der Waals surface area contributed by atoms with Crippen LogP contribution in [0.15, 0.2) is 134 Å². The SMILES string of the molecule is Cc1cc(-c2cccc(-c3ccc4c(c3)C3(c5ccccc5-c5ccccc53)c3cc(-c5cc(C)nc(C)n5)ccc3-4)c2)ccn1. The quantitative estimate of drug-likeness (QED) is 0.206. The summed E-state index contributed by atoms with van der Waals surface area (Å²) in [5.74, 6) is 0.791. The minimum Gasteiger partial charge on any atom is -0.262 e. The molecule has 9 rings (SSSR count). The van der Waals surface area contributed by atoms with E-state index in [1.807, 2.05) is 27.0 Å². The van der Waals surface area contributed by atoms with Crippen molar-refractivity contribution >= 4 is 0 Å². The van der Waals surface area contributed by atoms with Crippen molar-refractivity contribution < 1.29 is 0 Å². The molecule has 0 aliphatic heterocycles. The van der Waals surface area contributed by atoms with E-state index in [-0.39, 0.29) is 0 Å². The topological polar surface area (TPSA) is 38.7 Å². The molecule has 2 heterocycles. The molecular weight excluding hydrogens is 558 g/mol. The van der Waals surface area contributed by atoms with Crippen molar-refractivity contribution in [1.29, 1.82) is 0 Å². The summed E-state index contributed by atoms with van der Waals surface area (Å²) in [6, 6.07) is 47.1. The van der Waals surface area contributed by atoms with Crippen LogP contribution in [0.4, 0.5) is 0 Å². The highest BCUT2D eigenvalue weighted by Gasteiger charge is 2.51. The van der Waals surface area contributed by atoms with Gasteiger partial charge in [0.25, 0.3) is 0 Å². The fraction of sp³-hybridized carbons (Fsp3) is 0.0930. The van der Waals surface area contributed by atoms with Crippen LogP contribution in [-0.2, 0) is 5.41 Å². The van der Waals surface area contributed by atoms with Gasteiger partial charge in [-0.25, -0.2) is 9.97 Å². The number of rotatable bonds is 3. The molecular formula is C43H31N3. The third kappa shape index (κ3) is 3.81. The summed E-state index contributed by atoms with van der Waals surface area (Å²) in [5.41, 5.74) is 18.9. The van der Waals surface area contributed by atoms with Crippen molar-refractivity contribution in [3.8, 4) is 55.8 Å². The van der Waals surface area contributed by atoms with Gasteiger partial charge in [-0.15, -0.1) is 0 Å². The lowest BCUT2D eigenvalue weighted by atomic mass is 9.70. The van der Waals surface area contributed by atoms with Gasteiger partial charge in [-0.3, -0.25) is 4.98 Å². The number of pyridine rings is 1. The third-order valence-corrected chi connectivity index (χ3v) is 9.78. The van der Waals surface area contributed by atoms with Gasteiger partial charge in [0.05, 0.1) is 11.1 Å². The first kappa shape index (κ1) is 26.7. The molecule has 5 aromatic carbocycles. The molecule has 0 radical (unpaired) electrons. The van der Waals surface area contributed by atoms with Crippen LogP contribution < -0.4 is 0 Å². The molecule has 0 bridgehead atoms. The monoisotopic (exact) mass is 589 g/mol. The van der Waals surface area contributed by atoms with Gasteiger partial charge in [-0.1, -0.05) is 91.0 Å². The van der Waals surface area contributed by atoms with Crippen molar-refractivity contribution in [1.82, 2.24) is 15.0 Å². The highest BCUT2D eigenvalue weighted by molar-refractivity contribution is 5.96. The molecule has 218 valence electrons. The summed E-state index contributed by atoms with van der Waals surface area (Å²) < 4.78 is 0. The lowest BCUT2D eigenvalue weighted by molar-refractivity contribution is 0.794. The number of fused-ring (bicyclic) bond motifs is 10. The zero-order valence-electron chi connectivity index (χ0n) is 26.0. The molecule has 0 fully saturated rings. The molecule has 3 heteroatoms. The molecule has 0 atom stereocenters. The molecule has 1 spiro atoms. The first-order valence-electron chi connectivity index (χ1n) is 15.9. The number of aromatic nitrogens is 3. The van der Waals surface area contributed by atoms with Crippen LogP contribution >= 0.6 is 0 Å². The summed E-state index contributed by atoms with van der Waals surface area (Å²) in [5, 5.41) is 0. The Morgan fingerprint density at radius 2 is 0.978 bits per heavy atom. The molecule has 2 aliphatic carbocycles. The highest BCUT2D eigenvalue weighted by Crippen LogP contribution is 2.63. The van der Waals surface area contributed by atoms with E-state index >= 15 is 0 Å². The molecule has 0 unspecified atom stereocenters. The van der Waals surface area contributed by atoms with Crippen molar-refractivity contribution in [2.24, 2.45) is 0 Å². The van der Waals surface area contributed by atoms with Crippen LogP contribution in [0.5, 0.6) is 0 Å². The van der Waals surface area contributed by atoms with Crippen molar-refractivity contribution in [3.63, 3.8) is 0 Å². The zero-order valence-corrected chi connectivity index (χ0v) is 26.0. The van der Waals surface area contributed by atoms with E-state index in [0.29, 0.717) is 0 Å². The van der Waals surface area contributed by atoms with E-state index in [1.165, 1.54) is 66.8 Å². The van der Waals surface area contributed by atoms with Crippen LogP contribution in [-0.4, -0.2) is 15.0 Å². The molecule has 7 aromatic rings. The number of hydrogen-bond donors (Lipinski definition) is 0. The second-order valence-electron chi connectivity index (χ2n) is 12.6. The van der Waals surface area contributed by atoms with Gasteiger partial charge < -0.3 is 0 Å². The van der Waals surface area contributed by atoms with Gasteiger partial charge in [0.2, 0.25) is 0 Å². The molecule has 46 heavy (non-hydrogen) atoms. The number of aryl methyl sites for hydroxylation is 3. The summed E-state index contributed by atoms with van der Waals surface area (Å²) in [6.07, 6.45) is 1.89. The van der Waals surface area contributed by atoms with Crippen LogP contribution in [0.3, 0.4) is 0 Å². The first-order valence-corrected chi connectivity index (χ1v) is 15.9. The number of hydrogen-bond acceptors (Lipinski definition) is 3. The molecule has 0 saturated heterocycles. The molecule has 2 aromatic heterocycles. The fourth-order valence-corrected chi connectivity index (χ4v) is 7.95. The van der Waals surface area contributed by atoms with E-state index in [0.717, 1.165) is 28.5 Å². The van der Waals surface area contributed by atoms with Crippen molar-refractivity contribution in [2.45, 2.75) is 26.2 Å². The summed E-state index contributed by atoms with van der Waals surface area (Å²) >= 11 is 0. The van der Waals surface area contributed by atoms with Crippen molar-refractivity contribution in [2.75, 3.05) is 0 Å². The lowest BCUT2D eigenvalue weighted by Crippen LogP contribution is -2.26. The fourth-order valence-electron chi connectivity index (χ4n) is 7.95. The van der Waals surface area contributed by atoms with Gasteiger partial charge >= 0.3 is 0 Å². The largest absolute Gasteiger partial charge is 0.262 e. The van der Waals surface area contributed by atoms with E-state index in [2.05, 4.69) is 137 Å². The Bertz CT molecular complexity index is 2300. The third-order valence-electron chi connectivity index (χ3n) is 9.78. The van der Waals surface area contributed by atoms with Crippen LogP contribution in [0.25, 0.3) is 55.8 Å². The predicted molar refractivity (Wildman–Crippen MR) is 187 cm³/mol. The van der Waals surface area contributed by atoms with E-state index in [1.54, 1.807) is 0 Å². The van der Waals surface area contributed by atoms with Crippen LogP contribution in [0.2, 0.25) is 0 Å². The van der Waals surface area contributed by atoms with E-state index in [4.69, 9.17) is 4.98 Å². The molecule has 2 aliphatic rings. The average molecular weight is 590 g/mol. The summed E-state index contributed by atoms with van der Waals surface area (Å²) in [7, 11) is 0. The predicted octanol–water partition coefficient (Wildman–Crippen LogP) is 10.1. The number of benzene rings is 5. The molecule has 0 saturated carbocycles. The second kappa shape index (κ2) is 9.92. The summed E-state index contributed by atoms with van der Waals surface area (Å²) in [6.45, 7) is 6.05. The van der Waals surface area contributed by atoms with Gasteiger partial charge in [0, 0.05) is 23.1 Å². The Hall–Kier alpha value is -5.67. The molecule has 3 nitrogen and oxygen atoms in total. The summed E-state index contributed by atoms with van der Waals surface area (Å²) in [4.78, 5) is 13.8. The normalized spacial score (nSPS) is 13.3. The van der Waals surface area contributed by atoms with Gasteiger partial charge in [-0.2, -0.15) is 0 Å². The Balaban J connectivity index is 1.31.